The van der Waals surface area contributed by atoms with Crippen LogP contribution in [-0.4, -0.2) is 29.7 Å². The van der Waals surface area contributed by atoms with Gasteiger partial charge in [0.15, 0.2) is 0 Å². The average Bonchev–Trinajstić information content (AvgIpc) is 3.15. The molecule has 1 amide bonds. The van der Waals surface area contributed by atoms with Gasteiger partial charge < -0.3 is 0 Å². The fourth-order valence-corrected chi connectivity index (χ4v) is 4.24. The molecule has 0 radical (unpaired) electrons. The fourth-order valence-electron chi connectivity index (χ4n) is 3.89. The zero-order valence-electron chi connectivity index (χ0n) is 16.3. The van der Waals surface area contributed by atoms with Crippen molar-refractivity contribution in [1.29, 1.82) is 5.26 Å². The van der Waals surface area contributed by atoms with Crippen molar-refractivity contribution in [3.63, 3.8) is 0 Å². The van der Waals surface area contributed by atoms with Crippen LogP contribution in [0.1, 0.15) is 30.9 Å². The number of hydrogen-bond acceptors (Lipinski definition) is 5. The van der Waals surface area contributed by atoms with E-state index in [4.69, 9.17) is 23.2 Å². The van der Waals surface area contributed by atoms with E-state index in [0.29, 0.717) is 15.7 Å². The number of carbonyl (C=O) groups excluding carboxylic acids is 1. The molecule has 1 N–H and O–H groups in total. The number of amides is 1. The first kappa shape index (κ1) is 20.7. The number of carbonyl (C=O) groups is 1. The van der Waals surface area contributed by atoms with E-state index in [1.165, 1.54) is 0 Å². The van der Waals surface area contributed by atoms with Gasteiger partial charge in [-0.2, -0.15) is 10.4 Å². The van der Waals surface area contributed by atoms with Crippen molar-refractivity contribution in [3.8, 4) is 6.07 Å². The van der Waals surface area contributed by atoms with E-state index in [2.05, 4.69) is 16.6 Å². The quantitative estimate of drug-likeness (QED) is 0.753. The van der Waals surface area contributed by atoms with Crippen LogP contribution in [0.3, 0.4) is 0 Å². The van der Waals surface area contributed by atoms with E-state index < -0.39 is 12.0 Å². The number of benzene rings is 2. The summed E-state index contributed by atoms with van der Waals surface area (Å²) in [6, 6.07) is 16.3. The molecule has 0 spiro atoms. The van der Waals surface area contributed by atoms with Crippen molar-refractivity contribution in [2.45, 2.75) is 25.3 Å². The second-order valence-corrected chi connectivity index (χ2v) is 8.22. The number of hydrazone groups is 1. The van der Waals surface area contributed by atoms with Gasteiger partial charge in [0, 0.05) is 18.1 Å². The summed E-state index contributed by atoms with van der Waals surface area (Å²) in [5, 5.41) is 19.3. The molecule has 1 fully saturated rings. The Balaban J connectivity index is 1.71. The number of nitriles is 1. The van der Waals surface area contributed by atoms with Crippen LogP contribution in [0.4, 0.5) is 5.69 Å². The van der Waals surface area contributed by atoms with Crippen LogP contribution >= 0.6 is 23.2 Å². The van der Waals surface area contributed by atoms with Crippen molar-refractivity contribution in [2.75, 3.05) is 18.1 Å². The minimum absolute atomic E-state index is 0.183. The molecule has 1 saturated heterocycles. The lowest BCUT2D eigenvalue weighted by Crippen LogP contribution is -2.48. The van der Waals surface area contributed by atoms with Gasteiger partial charge >= 0.3 is 0 Å². The zero-order chi connectivity index (χ0) is 21.1. The minimum atomic E-state index is -0.757. The summed E-state index contributed by atoms with van der Waals surface area (Å²) < 4.78 is 0. The van der Waals surface area contributed by atoms with Crippen molar-refractivity contribution in [2.24, 2.45) is 11.0 Å². The Morgan fingerprint density at radius 3 is 2.43 bits per heavy atom. The van der Waals surface area contributed by atoms with Crippen LogP contribution in [0, 0.1) is 17.2 Å². The lowest BCUT2D eigenvalue weighted by atomic mass is 9.90. The normalized spacial score (nSPS) is 21.8. The third-order valence-electron chi connectivity index (χ3n) is 5.39. The monoisotopic (exact) mass is 441 g/mol. The molecule has 0 bridgehead atoms. The number of halogens is 2. The highest BCUT2D eigenvalue weighted by molar-refractivity contribution is 6.41. The van der Waals surface area contributed by atoms with E-state index >= 15 is 0 Å². The second-order valence-electron chi connectivity index (χ2n) is 7.37. The van der Waals surface area contributed by atoms with Gasteiger partial charge in [-0.05, 0) is 42.7 Å². The van der Waals surface area contributed by atoms with Crippen molar-refractivity contribution >= 4 is 40.5 Å². The summed E-state index contributed by atoms with van der Waals surface area (Å²) >= 11 is 12.5. The number of nitrogens with one attached hydrogen (secondary N) is 1. The average molecular weight is 442 g/mol. The summed E-state index contributed by atoms with van der Waals surface area (Å²) in [4.78, 5) is 13.1. The smallest absolute Gasteiger partial charge is 0.283 e. The summed E-state index contributed by atoms with van der Waals surface area (Å²) in [5.41, 5.74) is 4.58. The number of hydrogen-bond donors (Lipinski definition) is 1. The summed E-state index contributed by atoms with van der Waals surface area (Å²) in [5.74, 6) is -1.11. The lowest BCUT2D eigenvalue weighted by Gasteiger charge is -2.27. The number of anilines is 1. The fraction of sp³-hybridized carbons (Fsp3) is 0.318. The van der Waals surface area contributed by atoms with E-state index in [-0.39, 0.29) is 11.6 Å². The highest BCUT2D eigenvalue weighted by Gasteiger charge is 2.43. The maximum Gasteiger partial charge on any atom is 0.283 e. The Bertz CT molecular complexity index is 995. The largest absolute Gasteiger partial charge is 0.284 e. The van der Waals surface area contributed by atoms with Gasteiger partial charge in [-0.25, -0.2) is 5.01 Å². The van der Waals surface area contributed by atoms with Crippen molar-refractivity contribution in [3.05, 3.63) is 64.1 Å². The minimum Gasteiger partial charge on any atom is -0.284 e. The van der Waals surface area contributed by atoms with Gasteiger partial charge in [0.25, 0.3) is 5.91 Å². The van der Waals surface area contributed by atoms with Gasteiger partial charge in [0.1, 0.15) is 11.6 Å². The first-order valence-corrected chi connectivity index (χ1v) is 10.7. The Kier molecular flexibility index (Phi) is 6.24. The highest BCUT2D eigenvalue weighted by Crippen LogP contribution is 2.41. The molecule has 2 aliphatic rings. The number of rotatable bonds is 4. The van der Waals surface area contributed by atoms with Crippen molar-refractivity contribution < 1.29 is 4.79 Å². The van der Waals surface area contributed by atoms with Crippen LogP contribution in [0.2, 0.25) is 10.0 Å². The van der Waals surface area contributed by atoms with Gasteiger partial charge in [0.2, 0.25) is 0 Å². The molecule has 2 aliphatic heterocycles. The van der Waals surface area contributed by atoms with E-state index in [0.717, 1.165) is 37.9 Å². The van der Waals surface area contributed by atoms with Crippen LogP contribution in [0.15, 0.2) is 53.6 Å². The van der Waals surface area contributed by atoms with Crippen LogP contribution in [0.25, 0.3) is 0 Å². The van der Waals surface area contributed by atoms with E-state index in [1.807, 2.05) is 35.3 Å². The molecule has 0 aromatic heterocycles. The third-order valence-corrected chi connectivity index (χ3v) is 5.96. The molecule has 2 atom stereocenters. The topological polar surface area (TPSA) is 71.7 Å². The van der Waals surface area contributed by atoms with Crippen LogP contribution in [-0.2, 0) is 4.79 Å². The van der Waals surface area contributed by atoms with E-state index in [1.54, 1.807) is 23.2 Å². The maximum absolute atomic E-state index is 13.1. The van der Waals surface area contributed by atoms with E-state index in [9.17, 15) is 10.1 Å². The van der Waals surface area contributed by atoms with Gasteiger partial charge in [-0.1, -0.05) is 53.9 Å². The molecule has 2 aromatic carbocycles. The Labute approximate surface area is 185 Å². The Hall–Kier alpha value is -2.59. The molecule has 154 valence electrons. The van der Waals surface area contributed by atoms with Crippen LogP contribution in [0.5, 0.6) is 0 Å². The zero-order valence-corrected chi connectivity index (χ0v) is 17.8. The number of para-hydroxylation sites is 1. The molecule has 6 nitrogen and oxygen atoms in total. The van der Waals surface area contributed by atoms with Crippen molar-refractivity contribution in [1.82, 2.24) is 10.4 Å². The summed E-state index contributed by atoms with van der Waals surface area (Å²) in [7, 11) is 0. The third kappa shape index (κ3) is 4.15. The molecule has 0 aliphatic carbocycles. The van der Waals surface area contributed by atoms with Gasteiger partial charge in [-0.15, -0.1) is 0 Å². The molecule has 8 heteroatoms. The Morgan fingerprint density at radius 1 is 1.07 bits per heavy atom. The standard InChI is InChI=1S/C22H21Cl2N5O/c23-16-10-8-15(9-11-16)21-17(14-25)20(22(30)27-28-12-4-1-5-13-28)26-29(21)19-7-3-2-6-18(19)24/h2-3,6-11,17,21H,1,4-5,12-13H2,(H,27,30)/t17-,21-/m0/s1. The molecule has 4 rings (SSSR count). The SMILES string of the molecule is N#C[C@H]1C(C(=O)NN2CCCCC2)=NN(c2ccccc2Cl)[C@H]1c1ccc(Cl)cc1. The molecule has 2 heterocycles. The number of piperidine rings is 1. The number of hydrazine groups is 1. The molecular formula is C22H21Cl2N5O. The number of nitrogens with zero attached hydrogens (tertiary/aromatic N) is 4. The first-order valence-electron chi connectivity index (χ1n) is 9.92. The molecule has 2 aromatic rings. The lowest BCUT2D eigenvalue weighted by molar-refractivity contribution is -0.119. The Morgan fingerprint density at radius 2 is 1.77 bits per heavy atom. The molecular weight excluding hydrogens is 421 g/mol. The second kappa shape index (κ2) is 9.05. The van der Waals surface area contributed by atoms with Crippen LogP contribution < -0.4 is 10.4 Å². The molecule has 0 unspecified atom stereocenters. The maximum atomic E-state index is 13.1. The summed E-state index contributed by atoms with van der Waals surface area (Å²) in [6.45, 7) is 1.59. The first-order chi connectivity index (χ1) is 14.6. The van der Waals surface area contributed by atoms with Gasteiger partial charge in [-0.3, -0.25) is 15.2 Å². The predicted octanol–water partition coefficient (Wildman–Crippen LogP) is 4.57. The van der Waals surface area contributed by atoms with Gasteiger partial charge in [0.05, 0.1) is 22.8 Å². The predicted molar refractivity (Wildman–Crippen MR) is 118 cm³/mol. The highest BCUT2D eigenvalue weighted by atomic mass is 35.5. The molecule has 0 saturated carbocycles. The summed E-state index contributed by atoms with van der Waals surface area (Å²) in [6.07, 6.45) is 3.23. The molecule has 30 heavy (non-hydrogen) atoms.